The molecule has 39 heavy (non-hydrogen) atoms. The first-order chi connectivity index (χ1) is 18.6. The fourth-order valence-corrected chi connectivity index (χ4v) is 4.83. The van der Waals surface area contributed by atoms with Gasteiger partial charge in [-0.1, -0.05) is 0 Å². The minimum absolute atomic E-state index is 0.0184. The molecule has 5 rings (SSSR count). The van der Waals surface area contributed by atoms with Gasteiger partial charge in [0.05, 0.1) is 30.6 Å². The average Bonchev–Trinajstić information content (AvgIpc) is 3.61. The number of rotatable bonds is 6. The number of amidine groups is 1. The number of amides is 1. The second-order valence-electron chi connectivity index (χ2n) is 9.00. The van der Waals surface area contributed by atoms with Crippen molar-refractivity contribution in [2.75, 3.05) is 31.3 Å². The summed E-state index contributed by atoms with van der Waals surface area (Å²) in [7, 11) is 0. The van der Waals surface area contributed by atoms with E-state index in [-0.39, 0.29) is 30.3 Å². The zero-order valence-electron chi connectivity index (χ0n) is 20.1. The Bertz CT molecular complexity index is 1410. The van der Waals surface area contributed by atoms with Crippen LogP contribution >= 0.6 is 11.6 Å². The molecule has 1 unspecified atom stereocenters. The Kier molecular flexibility index (Phi) is 7.12. The molecule has 3 heterocycles. The number of hydrogen-bond acceptors (Lipinski definition) is 7. The minimum Gasteiger partial charge on any atom is -0.451 e. The van der Waals surface area contributed by atoms with Crippen LogP contribution in [0.15, 0.2) is 52.9 Å². The highest BCUT2D eigenvalue weighted by Gasteiger charge is 2.39. The minimum atomic E-state index is -1.76. The molecule has 0 aromatic heterocycles. The van der Waals surface area contributed by atoms with Crippen LogP contribution in [0.2, 0.25) is 0 Å². The fraction of sp³-hybridized carbons (Fsp3) is 0.280. The summed E-state index contributed by atoms with van der Waals surface area (Å²) in [4.78, 5) is 21.7. The van der Waals surface area contributed by atoms with Gasteiger partial charge in [0.25, 0.3) is 0 Å². The number of likely N-dealkylation sites (tertiary alicyclic amines) is 1. The number of carbonyl (C=O) groups excluding carboxylic acids is 1. The summed E-state index contributed by atoms with van der Waals surface area (Å²) in [5.41, 5.74) is 6.86. The lowest BCUT2D eigenvalue weighted by molar-refractivity contribution is -0.130. The maximum absolute atomic E-state index is 15.3. The third-order valence-corrected chi connectivity index (χ3v) is 6.98. The molecule has 1 saturated heterocycles. The SMILES string of the molecule is NC1=C2C=CN=C2N([C@@H]2CCN(C(=O)C(Cl)CO)C2)CN1c1ccc(Oc2c(F)c(F)cc(F)c2F)cc1F. The number of hydrogen-bond donors (Lipinski definition) is 2. The van der Waals surface area contributed by atoms with E-state index in [1.54, 1.807) is 12.3 Å². The van der Waals surface area contributed by atoms with Crippen molar-refractivity contribution in [1.82, 2.24) is 9.80 Å². The number of alkyl halides is 1. The molecule has 0 saturated carbocycles. The lowest BCUT2D eigenvalue weighted by Crippen LogP contribution is -2.54. The number of fused-ring (bicyclic) bond motifs is 1. The van der Waals surface area contributed by atoms with E-state index >= 15 is 4.39 Å². The Hall–Kier alpha value is -3.84. The molecule has 1 amide bonds. The van der Waals surface area contributed by atoms with E-state index in [0.717, 1.165) is 6.07 Å². The predicted molar refractivity (Wildman–Crippen MR) is 131 cm³/mol. The standard InChI is InChI=1S/C25H21ClF5N5O3/c26-15(10-37)25(38)34-6-4-12(9-34)35-11-36(23(32)14-3-5-33-24(14)35)19-2-1-13(7-16(19)27)39-22-20(30)17(28)8-18(29)21(22)31/h1-3,5,7-8,12,15,37H,4,6,9-11,32H2/t12-,15?/m1/s1. The quantitative estimate of drug-likeness (QED) is 0.314. The van der Waals surface area contributed by atoms with Gasteiger partial charge in [0.2, 0.25) is 23.3 Å². The molecular formula is C25H21ClF5N5O3. The first-order valence-corrected chi connectivity index (χ1v) is 12.2. The number of aliphatic imine (C=N–C) groups is 1. The molecule has 0 radical (unpaired) electrons. The van der Waals surface area contributed by atoms with Gasteiger partial charge in [0.1, 0.15) is 22.8 Å². The maximum atomic E-state index is 15.3. The van der Waals surface area contributed by atoms with Gasteiger partial charge in [-0.3, -0.25) is 4.79 Å². The summed E-state index contributed by atoms with van der Waals surface area (Å²) in [5.74, 6) is -9.17. The summed E-state index contributed by atoms with van der Waals surface area (Å²) < 4.78 is 75.3. The van der Waals surface area contributed by atoms with Gasteiger partial charge in [0, 0.05) is 31.4 Å². The molecule has 3 aliphatic rings. The van der Waals surface area contributed by atoms with E-state index in [2.05, 4.69) is 4.99 Å². The molecule has 206 valence electrons. The lowest BCUT2D eigenvalue weighted by atomic mass is 10.1. The van der Waals surface area contributed by atoms with Crippen molar-refractivity contribution in [2.24, 2.45) is 10.7 Å². The fourth-order valence-electron chi connectivity index (χ4n) is 4.69. The van der Waals surface area contributed by atoms with Crippen molar-refractivity contribution in [3.8, 4) is 11.5 Å². The van der Waals surface area contributed by atoms with Crippen molar-refractivity contribution >= 4 is 29.0 Å². The van der Waals surface area contributed by atoms with Crippen molar-refractivity contribution in [2.45, 2.75) is 17.8 Å². The lowest BCUT2D eigenvalue weighted by Gasteiger charge is -2.41. The van der Waals surface area contributed by atoms with Gasteiger partial charge in [0.15, 0.2) is 17.5 Å². The first-order valence-electron chi connectivity index (χ1n) is 11.7. The largest absolute Gasteiger partial charge is 0.451 e. The number of aliphatic hydroxyl groups excluding tert-OH is 1. The van der Waals surface area contributed by atoms with E-state index in [0.29, 0.717) is 30.9 Å². The summed E-state index contributed by atoms with van der Waals surface area (Å²) >= 11 is 5.90. The van der Waals surface area contributed by atoms with Gasteiger partial charge in [-0.05, 0) is 24.6 Å². The molecule has 0 bridgehead atoms. The van der Waals surface area contributed by atoms with Crippen LogP contribution in [-0.4, -0.2) is 64.4 Å². The van der Waals surface area contributed by atoms with Gasteiger partial charge in [-0.2, -0.15) is 8.78 Å². The molecule has 8 nitrogen and oxygen atoms in total. The number of aliphatic hydroxyl groups is 1. The molecule has 3 aliphatic heterocycles. The van der Waals surface area contributed by atoms with Crippen molar-refractivity contribution in [3.63, 3.8) is 0 Å². The number of ether oxygens (including phenoxy) is 1. The van der Waals surface area contributed by atoms with Crippen LogP contribution in [0, 0.1) is 29.1 Å². The number of anilines is 1. The third-order valence-electron chi connectivity index (χ3n) is 6.66. The normalized spacial score (nSPS) is 19.5. The van der Waals surface area contributed by atoms with Crippen LogP contribution in [0.5, 0.6) is 11.5 Å². The molecule has 3 N–H and O–H groups in total. The monoisotopic (exact) mass is 569 g/mol. The number of nitrogens with two attached hydrogens (primary N) is 1. The first kappa shape index (κ1) is 26.8. The maximum Gasteiger partial charge on any atom is 0.243 e. The average molecular weight is 570 g/mol. The predicted octanol–water partition coefficient (Wildman–Crippen LogP) is 3.55. The van der Waals surface area contributed by atoms with Crippen LogP contribution in [-0.2, 0) is 4.79 Å². The van der Waals surface area contributed by atoms with Crippen LogP contribution in [0.3, 0.4) is 0 Å². The number of benzene rings is 2. The summed E-state index contributed by atoms with van der Waals surface area (Å²) in [6.45, 7) is 0.235. The highest BCUT2D eigenvalue weighted by atomic mass is 35.5. The Labute approximate surface area is 224 Å². The van der Waals surface area contributed by atoms with Gasteiger partial charge in [-0.15, -0.1) is 11.6 Å². The molecular weight excluding hydrogens is 549 g/mol. The summed E-state index contributed by atoms with van der Waals surface area (Å²) in [6.07, 6.45) is 3.75. The van der Waals surface area contributed by atoms with Crippen LogP contribution < -0.4 is 15.4 Å². The van der Waals surface area contributed by atoms with E-state index in [4.69, 9.17) is 22.1 Å². The summed E-state index contributed by atoms with van der Waals surface area (Å²) in [5, 5.41) is 8.16. The van der Waals surface area contributed by atoms with E-state index in [1.807, 2.05) is 4.90 Å². The Morgan fingerprint density at radius 2 is 1.87 bits per heavy atom. The van der Waals surface area contributed by atoms with Crippen molar-refractivity contribution < 1.29 is 36.6 Å². The van der Waals surface area contributed by atoms with E-state index < -0.39 is 58.5 Å². The number of nitrogens with zero attached hydrogens (tertiary/aromatic N) is 4. The Morgan fingerprint density at radius 3 is 2.54 bits per heavy atom. The zero-order chi connectivity index (χ0) is 28.0. The number of carbonyl (C=O) groups is 1. The highest BCUT2D eigenvalue weighted by molar-refractivity contribution is 6.30. The smallest absolute Gasteiger partial charge is 0.243 e. The Balaban J connectivity index is 1.41. The van der Waals surface area contributed by atoms with Gasteiger partial charge >= 0.3 is 0 Å². The van der Waals surface area contributed by atoms with E-state index in [9.17, 15) is 27.5 Å². The topological polar surface area (TPSA) is 94.6 Å². The second-order valence-corrected chi connectivity index (χ2v) is 9.52. The van der Waals surface area contributed by atoms with Crippen LogP contribution in [0.4, 0.5) is 27.6 Å². The molecule has 2 atom stereocenters. The summed E-state index contributed by atoms with van der Waals surface area (Å²) in [6, 6.07) is 3.03. The molecule has 2 aromatic rings. The molecule has 0 aliphatic carbocycles. The van der Waals surface area contributed by atoms with Crippen LogP contribution in [0.1, 0.15) is 6.42 Å². The number of halogens is 6. The third kappa shape index (κ3) is 4.76. The molecule has 14 heteroatoms. The second kappa shape index (κ2) is 10.4. The van der Waals surface area contributed by atoms with Gasteiger partial charge < -0.3 is 30.3 Å². The van der Waals surface area contributed by atoms with Crippen molar-refractivity contribution in [1.29, 1.82) is 0 Å². The molecule has 0 spiro atoms. The highest BCUT2D eigenvalue weighted by Crippen LogP contribution is 2.36. The Morgan fingerprint density at radius 1 is 1.15 bits per heavy atom. The van der Waals surface area contributed by atoms with Crippen molar-refractivity contribution in [3.05, 3.63) is 77.0 Å². The molecule has 2 aromatic carbocycles. The van der Waals surface area contributed by atoms with E-state index in [1.165, 1.54) is 21.9 Å². The zero-order valence-corrected chi connectivity index (χ0v) is 20.8. The molecule has 1 fully saturated rings. The van der Waals surface area contributed by atoms with Gasteiger partial charge in [-0.25, -0.2) is 18.2 Å². The van der Waals surface area contributed by atoms with Crippen LogP contribution in [0.25, 0.3) is 0 Å².